The SMILES string of the molecule is CC(=O)Nc1cccc(NC(=O)Cn2nc3c(cc2=O)CCCCC3)c1. The number of rotatable bonds is 4. The molecule has 1 heterocycles. The van der Waals surface area contributed by atoms with Gasteiger partial charge in [0.25, 0.3) is 5.56 Å². The van der Waals surface area contributed by atoms with Crippen LogP contribution < -0.4 is 16.2 Å². The molecule has 7 heteroatoms. The number of amides is 2. The van der Waals surface area contributed by atoms with Crippen LogP contribution in [0.2, 0.25) is 0 Å². The summed E-state index contributed by atoms with van der Waals surface area (Å²) in [5, 5.41) is 9.79. The Morgan fingerprint density at radius 3 is 2.58 bits per heavy atom. The predicted octanol–water partition coefficient (Wildman–Crippen LogP) is 2.11. The molecule has 1 aromatic heterocycles. The smallest absolute Gasteiger partial charge is 0.267 e. The van der Waals surface area contributed by atoms with Gasteiger partial charge in [0, 0.05) is 24.4 Å². The fraction of sp³-hybridized carbons (Fsp3) is 0.368. The number of fused-ring (bicyclic) bond motifs is 1. The fourth-order valence-corrected chi connectivity index (χ4v) is 3.11. The van der Waals surface area contributed by atoms with Gasteiger partial charge in [-0.2, -0.15) is 5.10 Å². The van der Waals surface area contributed by atoms with Crippen molar-refractivity contribution >= 4 is 23.2 Å². The van der Waals surface area contributed by atoms with Crippen molar-refractivity contribution in [3.05, 3.63) is 51.9 Å². The zero-order valence-corrected chi connectivity index (χ0v) is 14.7. The van der Waals surface area contributed by atoms with Gasteiger partial charge in [-0.15, -0.1) is 0 Å². The minimum Gasteiger partial charge on any atom is -0.326 e. The monoisotopic (exact) mass is 354 g/mol. The lowest BCUT2D eigenvalue weighted by Gasteiger charge is -2.11. The van der Waals surface area contributed by atoms with Crippen molar-refractivity contribution in [2.75, 3.05) is 10.6 Å². The Hall–Kier alpha value is -2.96. The van der Waals surface area contributed by atoms with Crippen LogP contribution in [0.3, 0.4) is 0 Å². The van der Waals surface area contributed by atoms with Crippen molar-refractivity contribution in [2.45, 2.75) is 45.6 Å². The van der Waals surface area contributed by atoms with E-state index in [0.29, 0.717) is 11.4 Å². The van der Waals surface area contributed by atoms with Crippen LogP contribution in [0, 0.1) is 0 Å². The van der Waals surface area contributed by atoms with Crippen molar-refractivity contribution in [2.24, 2.45) is 0 Å². The third kappa shape index (κ3) is 4.56. The number of benzene rings is 1. The number of nitrogens with one attached hydrogen (secondary N) is 2. The van der Waals surface area contributed by atoms with Crippen molar-refractivity contribution in [1.29, 1.82) is 0 Å². The number of aryl methyl sites for hydroxylation is 2. The Bertz CT molecular complexity index is 889. The van der Waals surface area contributed by atoms with Crippen LogP contribution >= 0.6 is 0 Å². The summed E-state index contributed by atoms with van der Waals surface area (Å²) in [6.45, 7) is 1.28. The van der Waals surface area contributed by atoms with Gasteiger partial charge in [0.1, 0.15) is 6.54 Å². The molecule has 2 N–H and O–H groups in total. The minimum atomic E-state index is -0.340. The Morgan fingerprint density at radius 1 is 1.08 bits per heavy atom. The molecule has 2 amide bonds. The van der Waals surface area contributed by atoms with E-state index in [1.165, 1.54) is 11.6 Å². The summed E-state index contributed by atoms with van der Waals surface area (Å²) in [4.78, 5) is 35.7. The molecule has 0 unspecified atom stereocenters. The number of anilines is 2. The zero-order valence-electron chi connectivity index (χ0n) is 14.7. The maximum atomic E-state index is 12.3. The first-order chi connectivity index (χ1) is 12.5. The number of hydrogen-bond acceptors (Lipinski definition) is 4. The van der Waals surface area contributed by atoms with Gasteiger partial charge in [-0.05, 0) is 49.4 Å². The Kier molecular flexibility index (Phi) is 5.46. The molecule has 0 radical (unpaired) electrons. The van der Waals surface area contributed by atoms with Gasteiger partial charge in [0.2, 0.25) is 11.8 Å². The maximum absolute atomic E-state index is 12.3. The van der Waals surface area contributed by atoms with E-state index in [9.17, 15) is 14.4 Å². The highest BCUT2D eigenvalue weighted by molar-refractivity contribution is 5.93. The summed E-state index contributed by atoms with van der Waals surface area (Å²) in [5.41, 5.74) is 2.81. The normalized spacial score (nSPS) is 13.4. The van der Waals surface area contributed by atoms with Crippen molar-refractivity contribution in [1.82, 2.24) is 9.78 Å². The van der Waals surface area contributed by atoms with E-state index in [1.807, 2.05) is 0 Å². The highest BCUT2D eigenvalue weighted by atomic mass is 16.2. The van der Waals surface area contributed by atoms with E-state index in [2.05, 4.69) is 15.7 Å². The molecule has 0 spiro atoms. The quantitative estimate of drug-likeness (QED) is 0.823. The highest BCUT2D eigenvalue weighted by Gasteiger charge is 2.14. The maximum Gasteiger partial charge on any atom is 0.267 e. The molecule has 1 aliphatic rings. The first-order valence-corrected chi connectivity index (χ1v) is 8.79. The van der Waals surface area contributed by atoms with E-state index in [1.54, 1.807) is 30.3 Å². The van der Waals surface area contributed by atoms with Gasteiger partial charge in [-0.25, -0.2) is 4.68 Å². The average molecular weight is 354 g/mol. The molecule has 1 aliphatic carbocycles. The van der Waals surface area contributed by atoms with E-state index >= 15 is 0 Å². The molecule has 0 saturated carbocycles. The van der Waals surface area contributed by atoms with Gasteiger partial charge in [-0.3, -0.25) is 14.4 Å². The molecule has 0 bridgehead atoms. The Balaban J connectivity index is 1.71. The topological polar surface area (TPSA) is 93.1 Å². The molecule has 1 aromatic carbocycles. The van der Waals surface area contributed by atoms with Crippen LogP contribution in [0.15, 0.2) is 35.1 Å². The number of aromatic nitrogens is 2. The summed E-state index contributed by atoms with van der Waals surface area (Å²) >= 11 is 0. The van der Waals surface area contributed by atoms with E-state index in [4.69, 9.17) is 0 Å². The van der Waals surface area contributed by atoms with Crippen molar-refractivity contribution in [3.63, 3.8) is 0 Å². The van der Waals surface area contributed by atoms with Crippen molar-refractivity contribution in [3.8, 4) is 0 Å². The summed E-state index contributed by atoms with van der Waals surface area (Å²) in [6.07, 6.45) is 4.98. The van der Waals surface area contributed by atoms with Gasteiger partial charge >= 0.3 is 0 Å². The number of carbonyl (C=O) groups excluding carboxylic acids is 2. The molecule has 0 fully saturated rings. The standard InChI is InChI=1S/C19H22N4O3/c1-13(24)20-15-7-5-8-16(11-15)21-18(25)12-23-19(26)10-14-6-3-2-4-9-17(14)22-23/h5,7-8,10-11H,2-4,6,9,12H2,1H3,(H,20,24)(H,21,25). The van der Waals surface area contributed by atoms with E-state index in [0.717, 1.165) is 43.4 Å². The predicted molar refractivity (Wildman–Crippen MR) is 99.1 cm³/mol. The molecule has 136 valence electrons. The zero-order chi connectivity index (χ0) is 18.5. The van der Waals surface area contributed by atoms with Gasteiger partial charge in [0.15, 0.2) is 0 Å². The molecule has 7 nitrogen and oxygen atoms in total. The first-order valence-electron chi connectivity index (χ1n) is 8.79. The lowest BCUT2D eigenvalue weighted by molar-refractivity contribution is -0.117. The van der Waals surface area contributed by atoms with Crippen molar-refractivity contribution < 1.29 is 9.59 Å². The molecule has 2 aromatic rings. The van der Waals surface area contributed by atoms with Gasteiger partial charge < -0.3 is 10.6 Å². The first kappa shape index (κ1) is 17.8. The van der Waals surface area contributed by atoms with Crippen LogP contribution in [0.25, 0.3) is 0 Å². The number of carbonyl (C=O) groups is 2. The summed E-state index contributed by atoms with van der Waals surface area (Å²) in [5.74, 6) is -0.526. The van der Waals surface area contributed by atoms with Crippen LogP contribution in [-0.2, 0) is 29.0 Å². The van der Waals surface area contributed by atoms with Crippen LogP contribution in [-0.4, -0.2) is 21.6 Å². The van der Waals surface area contributed by atoms with Crippen LogP contribution in [0.1, 0.15) is 37.4 Å². The summed E-state index contributed by atoms with van der Waals surface area (Å²) in [7, 11) is 0. The van der Waals surface area contributed by atoms with Crippen LogP contribution in [0.4, 0.5) is 11.4 Å². The third-order valence-electron chi connectivity index (χ3n) is 4.28. The van der Waals surface area contributed by atoms with Gasteiger partial charge in [-0.1, -0.05) is 12.5 Å². The second-order valence-corrected chi connectivity index (χ2v) is 6.48. The van der Waals surface area contributed by atoms with E-state index in [-0.39, 0.29) is 23.9 Å². The molecule has 0 atom stereocenters. The third-order valence-corrected chi connectivity index (χ3v) is 4.28. The molecule has 0 saturated heterocycles. The Morgan fingerprint density at radius 2 is 1.81 bits per heavy atom. The second kappa shape index (κ2) is 7.95. The molecular weight excluding hydrogens is 332 g/mol. The largest absolute Gasteiger partial charge is 0.326 e. The molecule has 0 aliphatic heterocycles. The van der Waals surface area contributed by atoms with Crippen LogP contribution in [0.5, 0.6) is 0 Å². The minimum absolute atomic E-state index is 0.142. The molecule has 3 rings (SSSR count). The van der Waals surface area contributed by atoms with E-state index < -0.39 is 0 Å². The second-order valence-electron chi connectivity index (χ2n) is 6.48. The molecular formula is C19H22N4O3. The average Bonchev–Trinajstić information content (AvgIpc) is 2.79. The highest BCUT2D eigenvalue weighted by Crippen LogP contribution is 2.17. The summed E-state index contributed by atoms with van der Waals surface area (Å²) in [6, 6.07) is 8.45. The number of nitrogens with zero attached hydrogens (tertiary/aromatic N) is 2. The fourth-order valence-electron chi connectivity index (χ4n) is 3.11. The summed E-state index contributed by atoms with van der Waals surface area (Å²) < 4.78 is 1.22. The number of hydrogen-bond donors (Lipinski definition) is 2. The molecule has 26 heavy (non-hydrogen) atoms. The lowest BCUT2D eigenvalue weighted by atomic mass is 10.1. The Labute approximate surface area is 151 Å². The lowest BCUT2D eigenvalue weighted by Crippen LogP contribution is -2.30. The van der Waals surface area contributed by atoms with Gasteiger partial charge in [0.05, 0.1) is 5.69 Å².